The Morgan fingerprint density at radius 3 is 2.14 bits per heavy atom. The van der Waals surface area contributed by atoms with Gasteiger partial charge in [-0.25, -0.2) is 8.78 Å². The van der Waals surface area contributed by atoms with Crippen LogP contribution in [0, 0.1) is 11.6 Å². The molecule has 0 saturated heterocycles. The van der Waals surface area contributed by atoms with Crippen molar-refractivity contribution in [3.8, 4) is 11.5 Å². The van der Waals surface area contributed by atoms with Gasteiger partial charge in [0.2, 0.25) is 17.5 Å². The highest BCUT2D eigenvalue weighted by atomic mass is 32.1. The van der Waals surface area contributed by atoms with Crippen LogP contribution in [0.2, 0.25) is 0 Å². The molecule has 136 valence electrons. The summed E-state index contributed by atoms with van der Waals surface area (Å²) in [6.45, 7) is 0. The van der Waals surface area contributed by atoms with Crippen molar-refractivity contribution in [3.63, 3.8) is 0 Å². The lowest BCUT2D eigenvalue weighted by molar-refractivity contribution is 0.0989. The SMILES string of the molecule is O=C1C(=Cc2nc3oc(-c4ccccc4)nc3s2)C(=O)c2c(F)ccc(F)c21. The van der Waals surface area contributed by atoms with Crippen LogP contribution in [0.3, 0.4) is 0 Å². The van der Waals surface area contributed by atoms with E-state index in [-0.39, 0.29) is 16.3 Å². The van der Waals surface area contributed by atoms with Crippen molar-refractivity contribution in [1.82, 2.24) is 9.97 Å². The van der Waals surface area contributed by atoms with Crippen LogP contribution in [0.4, 0.5) is 8.78 Å². The van der Waals surface area contributed by atoms with Gasteiger partial charge in [0.05, 0.1) is 16.7 Å². The zero-order chi connectivity index (χ0) is 19.4. The molecule has 0 bridgehead atoms. The van der Waals surface area contributed by atoms with Gasteiger partial charge in [0.25, 0.3) is 5.71 Å². The molecule has 1 aliphatic carbocycles. The van der Waals surface area contributed by atoms with E-state index >= 15 is 0 Å². The molecular formula is C20H8F2N2O3S. The highest BCUT2D eigenvalue weighted by molar-refractivity contribution is 7.18. The zero-order valence-electron chi connectivity index (χ0n) is 13.9. The highest BCUT2D eigenvalue weighted by Crippen LogP contribution is 2.34. The Hall–Kier alpha value is -3.52. The summed E-state index contributed by atoms with van der Waals surface area (Å²) < 4.78 is 33.5. The Morgan fingerprint density at radius 1 is 0.893 bits per heavy atom. The number of fused-ring (bicyclic) bond motifs is 2. The summed E-state index contributed by atoms with van der Waals surface area (Å²) in [7, 11) is 0. The largest absolute Gasteiger partial charge is 0.417 e. The van der Waals surface area contributed by atoms with Gasteiger partial charge >= 0.3 is 0 Å². The normalized spacial score (nSPS) is 13.4. The number of allylic oxidation sites excluding steroid dienone is 1. The lowest BCUT2D eigenvalue weighted by Gasteiger charge is -1.97. The molecule has 2 aromatic carbocycles. The summed E-state index contributed by atoms with van der Waals surface area (Å²) in [5, 5.41) is 0.284. The fourth-order valence-corrected chi connectivity index (χ4v) is 3.85. The fourth-order valence-electron chi connectivity index (χ4n) is 3.05. The maximum Gasteiger partial charge on any atom is 0.259 e. The topological polar surface area (TPSA) is 73.1 Å². The number of carbonyl (C=O) groups excluding carboxylic acids is 2. The van der Waals surface area contributed by atoms with Crippen LogP contribution in [0.15, 0.2) is 52.5 Å². The minimum Gasteiger partial charge on any atom is -0.417 e. The Kier molecular flexibility index (Phi) is 3.56. The number of nitrogens with zero attached hydrogens (tertiary/aromatic N) is 2. The van der Waals surface area contributed by atoms with Crippen LogP contribution >= 0.6 is 11.3 Å². The summed E-state index contributed by atoms with van der Waals surface area (Å²) in [5.74, 6) is -3.18. The third-order valence-electron chi connectivity index (χ3n) is 4.33. The Morgan fingerprint density at radius 2 is 1.54 bits per heavy atom. The molecule has 0 radical (unpaired) electrons. The molecule has 5 rings (SSSR count). The number of carbonyl (C=O) groups is 2. The van der Waals surface area contributed by atoms with Gasteiger partial charge in [-0.3, -0.25) is 9.59 Å². The van der Waals surface area contributed by atoms with Crippen LogP contribution < -0.4 is 0 Å². The van der Waals surface area contributed by atoms with Crippen molar-refractivity contribution in [3.05, 3.63) is 75.8 Å². The van der Waals surface area contributed by atoms with Gasteiger partial charge in [0, 0.05) is 5.56 Å². The molecule has 0 N–H and O–H groups in total. The van der Waals surface area contributed by atoms with Crippen molar-refractivity contribution in [1.29, 1.82) is 0 Å². The van der Waals surface area contributed by atoms with E-state index in [2.05, 4.69) is 9.97 Å². The highest BCUT2D eigenvalue weighted by Gasteiger charge is 2.38. The Bertz CT molecular complexity index is 1250. The van der Waals surface area contributed by atoms with Gasteiger partial charge in [-0.2, -0.15) is 9.97 Å². The van der Waals surface area contributed by atoms with E-state index in [0.717, 1.165) is 29.0 Å². The number of rotatable bonds is 2. The van der Waals surface area contributed by atoms with E-state index in [9.17, 15) is 18.4 Å². The van der Waals surface area contributed by atoms with Crippen LogP contribution in [-0.4, -0.2) is 21.5 Å². The first-order valence-corrected chi connectivity index (χ1v) is 8.96. The minimum atomic E-state index is -0.930. The predicted molar refractivity (Wildman–Crippen MR) is 98.1 cm³/mol. The second-order valence-electron chi connectivity index (χ2n) is 6.04. The van der Waals surface area contributed by atoms with Gasteiger partial charge in [0.1, 0.15) is 16.6 Å². The smallest absolute Gasteiger partial charge is 0.259 e. The molecule has 2 heterocycles. The molecule has 0 amide bonds. The van der Waals surface area contributed by atoms with Crippen molar-refractivity contribution < 1.29 is 22.8 Å². The van der Waals surface area contributed by atoms with Gasteiger partial charge < -0.3 is 4.42 Å². The van der Waals surface area contributed by atoms with Crippen LogP contribution in [0.5, 0.6) is 0 Å². The number of aromatic nitrogens is 2. The number of ketones is 2. The van der Waals surface area contributed by atoms with Crippen LogP contribution in [-0.2, 0) is 0 Å². The Labute approximate surface area is 160 Å². The molecule has 2 aromatic heterocycles. The van der Waals surface area contributed by atoms with Crippen molar-refractivity contribution in [2.75, 3.05) is 0 Å². The molecule has 0 spiro atoms. The summed E-state index contributed by atoms with van der Waals surface area (Å²) in [4.78, 5) is 33.9. The number of oxazole rings is 1. The summed E-state index contributed by atoms with van der Waals surface area (Å²) in [6.07, 6.45) is 1.22. The second kappa shape index (κ2) is 6.00. The van der Waals surface area contributed by atoms with E-state index in [1.807, 2.05) is 30.3 Å². The lowest BCUT2D eigenvalue weighted by atomic mass is 10.1. The molecule has 0 fully saturated rings. The third-order valence-corrected chi connectivity index (χ3v) is 5.21. The molecular weight excluding hydrogens is 386 g/mol. The van der Waals surface area contributed by atoms with E-state index in [1.54, 1.807) is 0 Å². The van der Waals surface area contributed by atoms with E-state index in [0.29, 0.717) is 10.7 Å². The lowest BCUT2D eigenvalue weighted by Crippen LogP contribution is -2.01. The number of halogens is 2. The van der Waals surface area contributed by atoms with E-state index in [1.165, 1.54) is 6.08 Å². The molecule has 28 heavy (non-hydrogen) atoms. The number of benzene rings is 2. The fraction of sp³-hybridized carbons (Fsp3) is 0. The second-order valence-corrected chi connectivity index (χ2v) is 7.05. The number of hydrogen-bond donors (Lipinski definition) is 0. The molecule has 0 atom stereocenters. The van der Waals surface area contributed by atoms with E-state index < -0.39 is 34.3 Å². The molecule has 1 aliphatic rings. The minimum absolute atomic E-state index is 0.253. The Balaban J connectivity index is 1.55. The van der Waals surface area contributed by atoms with Gasteiger partial charge in [-0.05, 0) is 30.3 Å². The van der Waals surface area contributed by atoms with Crippen molar-refractivity contribution in [2.24, 2.45) is 0 Å². The van der Waals surface area contributed by atoms with Crippen molar-refractivity contribution in [2.45, 2.75) is 0 Å². The maximum atomic E-state index is 13.9. The summed E-state index contributed by atoms with van der Waals surface area (Å²) >= 11 is 1.11. The average Bonchev–Trinajstić information content (AvgIpc) is 3.32. The monoisotopic (exact) mass is 394 g/mol. The van der Waals surface area contributed by atoms with Crippen LogP contribution in [0.1, 0.15) is 25.7 Å². The van der Waals surface area contributed by atoms with E-state index in [4.69, 9.17) is 4.42 Å². The first-order chi connectivity index (χ1) is 13.5. The number of hydrogen-bond acceptors (Lipinski definition) is 6. The first kappa shape index (κ1) is 16.6. The standard InChI is InChI=1S/C20H8F2N2O3S/c21-11-6-7-12(22)15-14(11)16(25)10(17(15)26)8-13-23-19-20(28-13)24-18(27-19)9-4-2-1-3-5-9/h1-8H. The quantitative estimate of drug-likeness (QED) is 0.364. The average molecular weight is 394 g/mol. The number of Topliss-reactive ketones (excluding diaryl/α,β-unsaturated/α-hetero) is 2. The summed E-state index contributed by atoms with van der Waals surface area (Å²) in [5.41, 5.74) is -0.376. The molecule has 5 nitrogen and oxygen atoms in total. The van der Waals surface area contributed by atoms with Crippen LogP contribution in [0.25, 0.3) is 28.1 Å². The third kappa shape index (κ3) is 2.42. The predicted octanol–water partition coefficient (Wildman–Crippen LogP) is 4.69. The molecule has 8 heteroatoms. The van der Waals surface area contributed by atoms with Gasteiger partial charge in [-0.15, -0.1) is 0 Å². The molecule has 0 aliphatic heterocycles. The van der Waals surface area contributed by atoms with Gasteiger partial charge in [-0.1, -0.05) is 29.5 Å². The molecule has 4 aromatic rings. The number of thiazole rings is 1. The van der Waals surface area contributed by atoms with Crippen molar-refractivity contribution >= 4 is 39.5 Å². The maximum absolute atomic E-state index is 13.9. The summed E-state index contributed by atoms with van der Waals surface area (Å²) in [6, 6.07) is 10.9. The molecule has 0 unspecified atom stereocenters. The molecule has 0 saturated carbocycles. The van der Waals surface area contributed by atoms with Gasteiger partial charge in [0.15, 0.2) is 4.83 Å². The first-order valence-electron chi connectivity index (χ1n) is 8.15. The zero-order valence-corrected chi connectivity index (χ0v) is 14.7.